The lowest BCUT2D eigenvalue weighted by Crippen LogP contribution is -2.06. The van der Waals surface area contributed by atoms with Crippen molar-refractivity contribution in [1.29, 1.82) is 0 Å². The first-order valence-electron chi connectivity index (χ1n) is 6.68. The number of carbonyl (C=O) groups excluding carboxylic acids is 1. The molecule has 2 aromatic rings. The second-order valence-electron chi connectivity index (χ2n) is 4.54. The monoisotopic (exact) mass is 313 g/mol. The number of aromatic nitrogens is 1. The van der Waals surface area contributed by atoms with Crippen molar-refractivity contribution >= 4 is 17.8 Å². The first-order chi connectivity index (χ1) is 11.1. The van der Waals surface area contributed by atoms with Crippen LogP contribution in [0.2, 0.25) is 0 Å². The molecule has 0 saturated carbocycles. The van der Waals surface area contributed by atoms with Crippen molar-refractivity contribution in [2.75, 3.05) is 14.2 Å². The number of pyridine rings is 1. The number of hydrogen-bond acceptors (Lipinski definition) is 5. The fraction of sp³-hybridized carbons (Fsp3) is 0.118. The minimum Gasteiger partial charge on any atom is -0.496 e. The molecule has 118 valence electrons. The van der Waals surface area contributed by atoms with E-state index in [9.17, 15) is 14.7 Å². The van der Waals surface area contributed by atoms with Crippen molar-refractivity contribution in [1.82, 2.24) is 4.98 Å². The van der Waals surface area contributed by atoms with Gasteiger partial charge < -0.3 is 14.6 Å². The van der Waals surface area contributed by atoms with Gasteiger partial charge in [-0.25, -0.2) is 4.79 Å². The summed E-state index contributed by atoms with van der Waals surface area (Å²) in [6.45, 7) is 0. The molecule has 23 heavy (non-hydrogen) atoms. The van der Waals surface area contributed by atoms with E-state index in [-0.39, 0.29) is 28.4 Å². The number of ether oxygens (including phenoxy) is 2. The number of methoxy groups -OCH3 is 2. The molecule has 1 aromatic heterocycles. The molecule has 1 heterocycles. The third-order valence-corrected chi connectivity index (χ3v) is 3.15. The first-order valence-corrected chi connectivity index (χ1v) is 6.68. The molecule has 0 fully saturated rings. The lowest BCUT2D eigenvalue weighted by molar-refractivity contribution is 0.0693. The maximum atomic E-state index is 12.4. The number of hydrogen-bond donors (Lipinski definition) is 1. The fourth-order valence-corrected chi connectivity index (χ4v) is 1.99. The summed E-state index contributed by atoms with van der Waals surface area (Å²) in [6.07, 6.45) is 6.20. The standard InChI is InChI=1S/C17H15NO5/c1-22-15-10-16(23-2)13(17(20)21)9-12(15)14(19)4-3-11-5-7-18-8-6-11/h3-10H,1-2H3,(H,20,21). The largest absolute Gasteiger partial charge is 0.496 e. The third-order valence-electron chi connectivity index (χ3n) is 3.15. The Labute approximate surface area is 133 Å². The van der Waals surface area contributed by atoms with Gasteiger partial charge in [0, 0.05) is 18.5 Å². The molecular formula is C17H15NO5. The molecule has 0 spiro atoms. The fourth-order valence-electron chi connectivity index (χ4n) is 1.99. The molecule has 0 aliphatic heterocycles. The van der Waals surface area contributed by atoms with Gasteiger partial charge in [0.25, 0.3) is 0 Å². The Morgan fingerprint density at radius 3 is 2.22 bits per heavy atom. The van der Waals surface area contributed by atoms with Crippen LogP contribution in [0.5, 0.6) is 11.5 Å². The zero-order valence-corrected chi connectivity index (χ0v) is 12.6. The molecule has 0 amide bonds. The van der Waals surface area contributed by atoms with Gasteiger partial charge in [-0.05, 0) is 29.8 Å². The van der Waals surface area contributed by atoms with Crippen molar-refractivity contribution in [2.45, 2.75) is 0 Å². The summed E-state index contributed by atoms with van der Waals surface area (Å²) < 4.78 is 10.2. The van der Waals surface area contributed by atoms with E-state index >= 15 is 0 Å². The van der Waals surface area contributed by atoms with Gasteiger partial charge in [-0.3, -0.25) is 9.78 Å². The van der Waals surface area contributed by atoms with Crippen molar-refractivity contribution in [3.63, 3.8) is 0 Å². The molecule has 0 aliphatic rings. The highest BCUT2D eigenvalue weighted by Crippen LogP contribution is 2.29. The minimum absolute atomic E-state index is 0.103. The summed E-state index contributed by atoms with van der Waals surface area (Å²) in [6, 6.07) is 6.13. The number of ketones is 1. The average molecular weight is 313 g/mol. The molecule has 0 bridgehead atoms. The number of carboxylic acid groups (broad SMARTS) is 1. The van der Waals surface area contributed by atoms with Crippen LogP contribution in [0.15, 0.2) is 42.7 Å². The van der Waals surface area contributed by atoms with Crippen molar-refractivity contribution in [3.05, 3.63) is 59.4 Å². The topological polar surface area (TPSA) is 85.7 Å². The van der Waals surface area contributed by atoms with E-state index in [1.54, 1.807) is 30.6 Å². The maximum Gasteiger partial charge on any atom is 0.339 e. The van der Waals surface area contributed by atoms with Gasteiger partial charge >= 0.3 is 5.97 Å². The minimum atomic E-state index is -1.18. The quantitative estimate of drug-likeness (QED) is 0.652. The Kier molecular flexibility index (Phi) is 5.09. The van der Waals surface area contributed by atoms with E-state index < -0.39 is 5.97 Å². The summed E-state index contributed by atoms with van der Waals surface area (Å²) in [5.74, 6) is -1.18. The molecule has 0 saturated heterocycles. The second kappa shape index (κ2) is 7.22. The average Bonchev–Trinajstić information content (AvgIpc) is 2.59. The first kappa shape index (κ1) is 16.2. The molecule has 2 rings (SSSR count). The molecule has 0 atom stereocenters. The molecule has 1 N–H and O–H groups in total. The Bertz CT molecular complexity index is 753. The van der Waals surface area contributed by atoms with Crippen LogP contribution < -0.4 is 9.47 Å². The maximum absolute atomic E-state index is 12.4. The SMILES string of the molecule is COc1cc(OC)c(C(=O)C=Cc2ccncc2)cc1C(=O)O. The number of carboxylic acids is 1. The van der Waals surface area contributed by atoms with Crippen LogP contribution in [0, 0.1) is 0 Å². The number of allylic oxidation sites excluding steroid dienone is 1. The molecule has 0 radical (unpaired) electrons. The highest BCUT2D eigenvalue weighted by Gasteiger charge is 2.19. The van der Waals surface area contributed by atoms with Crippen LogP contribution in [0.3, 0.4) is 0 Å². The molecule has 1 aromatic carbocycles. The van der Waals surface area contributed by atoms with Crippen LogP contribution in [0.25, 0.3) is 6.08 Å². The summed E-state index contributed by atoms with van der Waals surface area (Å²) in [5, 5.41) is 9.22. The van der Waals surface area contributed by atoms with Crippen LogP contribution in [0.4, 0.5) is 0 Å². The van der Waals surface area contributed by atoms with E-state index in [0.29, 0.717) is 0 Å². The van der Waals surface area contributed by atoms with Gasteiger partial charge in [0.05, 0.1) is 19.8 Å². The molecule has 6 nitrogen and oxygen atoms in total. The van der Waals surface area contributed by atoms with Gasteiger partial charge in [-0.15, -0.1) is 0 Å². The van der Waals surface area contributed by atoms with Crippen molar-refractivity contribution in [2.24, 2.45) is 0 Å². The van der Waals surface area contributed by atoms with Gasteiger partial charge in [0.15, 0.2) is 5.78 Å². The zero-order valence-electron chi connectivity index (χ0n) is 12.6. The molecule has 0 aliphatic carbocycles. The van der Waals surface area contributed by atoms with Crippen LogP contribution in [0.1, 0.15) is 26.3 Å². The van der Waals surface area contributed by atoms with Gasteiger partial charge in [-0.1, -0.05) is 6.08 Å². The molecule has 0 unspecified atom stereocenters. The number of nitrogens with zero attached hydrogens (tertiary/aromatic N) is 1. The number of aromatic carboxylic acids is 1. The summed E-state index contributed by atoms with van der Waals surface area (Å²) >= 11 is 0. The van der Waals surface area contributed by atoms with Gasteiger partial charge in [-0.2, -0.15) is 0 Å². The summed E-state index contributed by atoms with van der Waals surface area (Å²) in [5.41, 5.74) is 0.851. The van der Waals surface area contributed by atoms with E-state index in [0.717, 1.165) is 5.56 Å². The normalized spacial score (nSPS) is 10.5. The Balaban J connectivity index is 2.41. The van der Waals surface area contributed by atoms with Crippen molar-refractivity contribution < 1.29 is 24.2 Å². The van der Waals surface area contributed by atoms with Gasteiger partial charge in [0.2, 0.25) is 0 Å². The van der Waals surface area contributed by atoms with Crippen LogP contribution >= 0.6 is 0 Å². The lowest BCUT2D eigenvalue weighted by Gasteiger charge is -2.11. The van der Waals surface area contributed by atoms with E-state index in [1.165, 1.54) is 32.4 Å². The predicted molar refractivity (Wildman–Crippen MR) is 84.1 cm³/mol. The Hall–Kier alpha value is -3.15. The number of rotatable bonds is 6. The summed E-state index contributed by atoms with van der Waals surface area (Å²) in [7, 11) is 2.75. The predicted octanol–water partition coefficient (Wildman–Crippen LogP) is 2.69. The zero-order chi connectivity index (χ0) is 16.8. The number of benzene rings is 1. The lowest BCUT2D eigenvalue weighted by atomic mass is 10.0. The summed E-state index contributed by atoms with van der Waals surface area (Å²) in [4.78, 5) is 27.5. The molecule has 6 heteroatoms. The highest BCUT2D eigenvalue weighted by molar-refractivity contribution is 6.10. The Morgan fingerprint density at radius 2 is 1.65 bits per heavy atom. The van der Waals surface area contributed by atoms with E-state index in [1.807, 2.05) is 0 Å². The Morgan fingerprint density at radius 1 is 1.04 bits per heavy atom. The number of carbonyl (C=O) groups is 2. The third kappa shape index (κ3) is 3.74. The second-order valence-corrected chi connectivity index (χ2v) is 4.54. The molecular weight excluding hydrogens is 298 g/mol. The van der Waals surface area contributed by atoms with Crippen LogP contribution in [-0.4, -0.2) is 36.1 Å². The van der Waals surface area contributed by atoms with Gasteiger partial charge in [0.1, 0.15) is 17.1 Å². The van der Waals surface area contributed by atoms with E-state index in [2.05, 4.69) is 4.98 Å². The smallest absolute Gasteiger partial charge is 0.339 e. The van der Waals surface area contributed by atoms with Crippen molar-refractivity contribution in [3.8, 4) is 11.5 Å². The highest BCUT2D eigenvalue weighted by atomic mass is 16.5. The van der Waals surface area contributed by atoms with E-state index in [4.69, 9.17) is 9.47 Å². The van der Waals surface area contributed by atoms with Crippen LogP contribution in [-0.2, 0) is 0 Å².